The van der Waals surface area contributed by atoms with Crippen molar-refractivity contribution in [3.05, 3.63) is 23.0 Å². The molecule has 0 saturated heterocycles. The van der Waals surface area contributed by atoms with Crippen molar-refractivity contribution in [1.29, 1.82) is 0 Å². The highest BCUT2D eigenvalue weighted by Gasteiger charge is 2.08. The number of nitrogens with zero attached hydrogens (tertiary/aromatic N) is 1. The number of carbonyl (C=O) groups is 1. The van der Waals surface area contributed by atoms with Gasteiger partial charge in [0.2, 0.25) is 0 Å². The van der Waals surface area contributed by atoms with Gasteiger partial charge in [-0.2, -0.15) is 0 Å². The maximum Gasteiger partial charge on any atom is 0.356 e. The summed E-state index contributed by atoms with van der Waals surface area (Å²) in [5, 5.41) is 8.61. The van der Waals surface area contributed by atoms with E-state index in [1.807, 2.05) is 13.8 Å². The van der Waals surface area contributed by atoms with Gasteiger partial charge in [-0.05, 0) is 12.1 Å². The Kier molecular flexibility index (Phi) is 4.84. The second kappa shape index (κ2) is 5.37. The van der Waals surface area contributed by atoms with Gasteiger partial charge in [-0.1, -0.05) is 25.4 Å². The molecule has 1 rings (SSSR count). The van der Waals surface area contributed by atoms with Crippen molar-refractivity contribution >= 4 is 23.3 Å². The van der Waals surface area contributed by atoms with E-state index in [1.54, 1.807) is 0 Å². The first kappa shape index (κ1) is 11.7. The number of carboxylic acids is 1. The van der Waals surface area contributed by atoms with Crippen LogP contribution in [0.1, 0.15) is 24.3 Å². The van der Waals surface area contributed by atoms with Gasteiger partial charge in [-0.15, -0.1) is 0 Å². The third kappa shape index (κ3) is 3.29. The lowest BCUT2D eigenvalue weighted by Crippen LogP contribution is -2.04. The van der Waals surface area contributed by atoms with Crippen LogP contribution in [0.3, 0.4) is 0 Å². The molecule has 0 atom stereocenters. The van der Waals surface area contributed by atoms with E-state index < -0.39 is 5.97 Å². The predicted molar refractivity (Wildman–Crippen MR) is 52.0 cm³/mol. The van der Waals surface area contributed by atoms with Crippen molar-refractivity contribution in [3.8, 4) is 0 Å². The molecule has 13 heavy (non-hydrogen) atoms. The Morgan fingerprint density at radius 1 is 1.54 bits per heavy atom. The van der Waals surface area contributed by atoms with E-state index in [1.165, 1.54) is 12.1 Å². The summed E-state index contributed by atoms with van der Waals surface area (Å²) in [5.41, 5.74) is 5.19. The number of rotatable bonds is 1. The molecule has 0 radical (unpaired) electrons. The predicted octanol–water partition coefficient (Wildman–Crippen LogP) is 2.04. The Morgan fingerprint density at radius 2 is 2.08 bits per heavy atom. The van der Waals surface area contributed by atoms with E-state index in [-0.39, 0.29) is 16.5 Å². The molecule has 5 heteroatoms. The Bertz CT molecular complexity index is 302. The van der Waals surface area contributed by atoms with Crippen LogP contribution in [0.4, 0.5) is 5.69 Å². The van der Waals surface area contributed by atoms with Crippen molar-refractivity contribution in [3.63, 3.8) is 0 Å². The lowest BCUT2D eigenvalue weighted by atomic mass is 10.3. The first-order valence-electron chi connectivity index (χ1n) is 3.76. The minimum atomic E-state index is -1.18. The van der Waals surface area contributed by atoms with Crippen LogP contribution in [0.25, 0.3) is 0 Å². The molecular weight excluding hydrogens is 192 g/mol. The fourth-order valence-electron chi connectivity index (χ4n) is 0.617. The number of aromatic nitrogens is 1. The molecule has 0 bridgehead atoms. The molecule has 1 heterocycles. The first-order chi connectivity index (χ1) is 6.11. The van der Waals surface area contributed by atoms with Crippen molar-refractivity contribution in [2.75, 3.05) is 5.73 Å². The lowest BCUT2D eigenvalue weighted by molar-refractivity contribution is 0.0692. The summed E-state index contributed by atoms with van der Waals surface area (Å²) in [6.07, 6.45) is 0. The van der Waals surface area contributed by atoms with Crippen LogP contribution >= 0.6 is 11.6 Å². The van der Waals surface area contributed by atoms with E-state index in [9.17, 15) is 4.79 Å². The highest BCUT2D eigenvalue weighted by Crippen LogP contribution is 2.12. The van der Waals surface area contributed by atoms with Crippen LogP contribution in [0, 0.1) is 0 Å². The Hall–Kier alpha value is -1.29. The molecule has 0 aliphatic heterocycles. The number of nitrogens with two attached hydrogens (primary N) is 1. The third-order valence-electron chi connectivity index (χ3n) is 1.10. The smallest absolute Gasteiger partial charge is 0.356 e. The molecule has 0 aromatic carbocycles. The molecular formula is C8H11ClN2O2. The summed E-state index contributed by atoms with van der Waals surface area (Å²) in [7, 11) is 0. The van der Waals surface area contributed by atoms with Crippen LogP contribution in [0.15, 0.2) is 12.1 Å². The monoisotopic (exact) mass is 202 g/mol. The summed E-state index contributed by atoms with van der Waals surface area (Å²) in [5.74, 6) is -1.18. The largest absolute Gasteiger partial charge is 0.476 e. The topological polar surface area (TPSA) is 76.2 Å². The number of halogens is 1. The zero-order chi connectivity index (χ0) is 10.4. The fourth-order valence-corrected chi connectivity index (χ4v) is 0.765. The van der Waals surface area contributed by atoms with E-state index in [0.29, 0.717) is 0 Å². The number of anilines is 1. The number of pyridine rings is 1. The quantitative estimate of drug-likeness (QED) is 0.684. The number of hydrogen-bond donors (Lipinski definition) is 2. The molecule has 1 aromatic rings. The number of nitrogen functional groups attached to an aromatic ring is 1. The molecule has 0 saturated carbocycles. The fraction of sp³-hybridized carbons (Fsp3) is 0.250. The second-order valence-corrected chi connectivity index (χ2v) is 2.26. The van der Waals surface area contributed by atoms with Crippen molar-refractivity contribution in [2.45, 2.75) is 13.8 Å². The van der Waals surface area contributed by atoms with Gasteiger partial charge in [-0.25, -0.2) is 9.78 Å². The molecule has 1 aromatic heterocycles. The zero-order valence-electron chi connectivity index (χ0n) is 7.41. The van der Waals surface area contributed by atoms with E-state index in [2.05, 4.69) is 4.98 Å². The molecule has 0 amide bonds. The van der Waals surface area contributed by atoms with Crippen LogP contribution < -0.4 is 5.73 Å². The number of carboxylic acid groups (broad SMARTS) is 1. The van der Waals surface area contributed by atoms with E-state index in [4.69, 9.17) is 22.4 Å². The van der Waals surface area contributed by atoms with Gasteiger partial charge in [0, 0.05) is 0 Å². The van der Waals surface area contributed by atoms with Crippen LogP contribution in [-0.4, -0.2) is 16.1 Å². The SMILES string of the molecule is CC.Nc1ccc(Cl)nc1C(=O)O. The van der Waals surface area contributed by atoms with E-state index in [0.717, 1.165) is 0 Å². The van der Waals surface area contributed by atoms with Gasteiger partial charge in [0.05, 0.1) is 5.69 Å². The van der Waals surface area contributed by atoms with Gasteiger partial charge >= 0.3 is 5.97 Å². The molecule has 0 fully saturated rings. The molecule has 4 nitrogen and oxygen atoms in total. The summed E-state index contributed by atoms with van der Waals surface area (Å²) in [4.78, 5) is 13.9. The molecule has 72 valence electrons. The average molecular weight is 203 g/mol. The van der Waals surface area contributed by atoms with Gasteiger partial charge in [-0.3, -0.25) is 0 Å². The Balaban J connectivity index is 0.000000671. The number of hydrogen-bond acceptors (Lipinski definition) is 3. The highest BCUT2D eigenvalue weighted by molar-refractivity contribution is 6.29. The molecule has 3 N–H and O–H groups in total. The highest BCUT2D eigenvalue weighted by atomic mass is 35.5. The zero-order valence-corrected chi connectivity index (χ0v) is 8.17. The molecule has 0 aliphatic carbocycles. The first-order valence-corrected chi connectivity index (χ1v) is 4.14. The Labute approximate surface area is 81.4 Å². The van der Waals surface area contributed by atoms with Crippen molar-refractivity contribution in [1.82, 2.24) is 4.98 Å². The summed E-state index contributed by atoms with van der Waals surface area (Å²) in [6.45, 7) is 4.00. The van der Waals surface area contributed by atoms with Crippen molar-refractivity contribution < 1.29 is 9.90 Å². The van der Waals surface area contributed by atoms with Crippen LogP contribution in [-0.2, 0) is 0 Å². The molecule has 0 aliphatic rings. The summed E-state index contributed by atoms with van der Waals surface area (Å²) in [6, 6.07) is 2.84. The van der Waals surface area contributed by atoms with Crippen LogP contribution in [0.2, 0.25) is 5.15 Å². The Morgan fingerprint density at radius 3 is 2.46 bits per heavy atom. The minimum Gasteiger partial charge on any atom is -0.476 e. The van der Waals surface area contributed by atoms with Crippen LogP contribution in [0.5, 0.6) is 0 Å². The summed E-state index contributed by atoms with van der Waals surface area (Å²) < 4.78 is 0. The second-order valence-electron chi connectivity index (χ2n) is 1.88. The van der Waals surface area contributed by atoms with Gasteiger partial charge in [0.15, 0.2) is 5.69 Å². The average Bonchev–Trinajstić information content (AvgIpc) is 2.12. The normalized spacial score (nSPS) is 8.54. The lowest BCUT2D eigenvalue weighted by Gasteiger charge is -1.97. The molecule has 0 unspecified atom stereocenters. The standard InChI is InChI=1S/C6H5ClN2O2.C2H6/c7-4-2-1-3(8)5(9-4)6(10)11;1-2/h1-2H,8H2,(H,10,11);1-2H3. The summed E-state index contributed by atoms with van der Waals surface area (Å²) >= 11 is 5.43. The third-order valence-corrected chi connectivity index (χ3v) is 1.31. The maximum absolute atomic E-state index is 10.4. The van der Waals surface area contributed by atoms with Gasteiger partial charge < -0.3 is 10.8 Å². The van der Waals surface area contributed by atoms with Gasteiger partial charge in [0.1, 0.15) is 5.15 Å². The minimum absolute atomic E-state index is 0.113. The van der Waals surface area contributed by atoms with E-state index >= 15 is 0 Å². The molecule has 0 spiro atoms. The van der Waals surface area contributed by atoms with Gasteiger partial charge in [0.25, 0.3) is 0 Å². The number of aromatic carboxylic acids is 1. The van der Waals surface area contributed by atoms with Crippen molar-refractivity contribution in [2.24, 2.45) is 0 Å². The maximum atomic E-state index is 10.4.